The van der Waals surface area contributed by atoms with Gasteiger partial charge in [0, 0.05) is 0 Å². The largest absolute Gasteiger partial charge is 0.435 e. The Morgan fingerprint density at radius 3 is 1.36 bits per heavy atom. The van der Waals surface area contributed by atoms with Crippen LogP contribution in [0.3, 0.4) is 0 Å². The van der Waals surface area contributed by atoms with E-state index in [1.54, 1.807) is 54.6 Å². The molecule has 3 aromatic carbocycles. The lowest BCUT2D eigenvalue weighted by molar-refractivity contribution is -0.167. The van der Waals surface area contributed by atoms with Crippen LogP contribution in [0.1, 0.15) is 17.1 Å². The van der Waals surface area contributed by atoms with E-state index in [1.165, 1.54) is 12.1 Å². The fourth-order valence-corrected chi connectivity index (χ4v) is 4.14. The molecule has 0 aliphatic carbocycles. The van der Waals surface area contributed by atoms with Crippen molar-refractivity contribution in [3.05, 3.63) is 89.2 Å². The van der Waals surface area contributed by atoms with Gasteiger partial charge in [0.2, 0.25) is 5.52 Å². The van der Waals surface area contributed by atoms with Crippen LogP contribution in [0.5, 0.6) is 23.3 Å². The summed E-state index contributed by atoms with van der Waals surface area (Å²) in [5, 5.41) is 9.49. The molecule has 0 saturated carbocycles. The molecule has 0 radical (unpaired) electrons. The maximum Gasteiger partial charge on any atom is 0.435 e. The number of alkyl halides is 6. The van der Waals surface area contributed by atoms with Crippen LogP contribution in [0, 0.1) is 17.9 Å². The van der Waals surface area contributed by atoms with Gasteiger partial charge in [0.1, 0.15) is 45.2 Å². The van der Waals surface area contributed by atoms with Gasteiger partial charge in [-0.05, 0) is 24.3 Å². The van der Waals surface area contributed by atoms with E-state index in [4.69, 9.17) is 16.0 Å². The van der Waals surface area contributed by atoms with E-state index in [9.17, 15) is 31.6 Å². The summed E-state index contributed by atoms with van der Waals surface area (Å²) in [6.07, 6.45) is -11.2. The number of hydrogen-bond donors (Lipinski definition) is 0. The van der Waals surface area contributed by atoms with Crippen molar-refractivity contribution in [1.82, 2.24) is 29.9 Å². The number of fused-ring (bicyclic) bond motifs is 6. The number of nitrogens with zero attached hydrogens (tertiary/aromatic N) is 8. The van der Waals surface area contributed by atoms with E-state index in [0.717, 1.165) is 0 Å². The monoisotopic (exact) mass is 604 g/mol. The van der Waals surface area contributed by atoms with Crippen molar-refractivity contribution in [1.29, 1.82) is 5.26 Å². The molecule has 16 heteroatoms. The standard InChI is InChI=1S/C28H10F6N8O2/c1-36-24-15(12-35)37-16-17-18(39-23(28(32,33)34)22(38-17)27(29,30)31)20-21(19(16)40-24)42-26(44-14-10-6-3-7-11-14)25(41-20)43-13-8-4-2-5-9-13/h2-11H. The zero-order valence-corrected chi connectivity index (χ0v) is 21.4. The molecule has 3 heterocycles. The summed E-state index contributed by atoms with van der Waals surface area (Å²) in [6, 6.07) is 17.7. The highest BCUT2D eigenvalue weighted by Crippen LogP contribution is 2.43. The predicted molar refractivity (Wildman–Crippen MR) is 140 cm³/mol. The van der Waals surface area contributed by atoms with Gasteiger partial charge < -0.3 is 14.3 Å². The Balaban J connectivity index is 1.79. The Bertz CT molecular complexity index is 2180. The van der Waals surface area contributed by atoms with Gasteiger partial charge in [0.25, 0.3) is 11.8 Å². The van der Waals surface area contributed by atoms with Crippen molar-refractivity contribution < 1.29 is 35.8 Å². The minimum atomic E-state index is -5.59. The summed E-state index contributed by atoms with van der Waals surface area (Å²) >= 11 is 0. The van der Waals surface area contributed by atoms with Crippen molar-refractivity contribution >= 4 is 38.9 Å². The van der Waals surface area contributed by atoms with E-state index in [2.05, 4.69) is 34.7 Å². The number of benzene rings is 3. The van der Waals surface area contributed by atoms with Crippen LogP contribution < -0.4 is 9.47 Å². The van der Waals surface area contributed by atoms with Crippen LogP contribution in [-0.4, -0.2) is 29.9 Å². The Labute approximate surface area is 241 Å². The zero-order chi connectivity index (χ0) is 31.2. The van der Waals surface area contributed by atoms with Gasteiger partial charge in [0.15, 0.2) is 17.1 Å². The Hall–Kier alpha value is -6.16. The molecule has 10 nitrogen and oxygen atoms in total. The highest BCUT2D eigenvalue weighted by Gasteiger charge is 2.47. The van der Waals surface area contributed by atoms with Gasteiger partial charge in [-0.15, -0.1) is 4.98 Å². The van der Waals surface area contributed by atoms with Crippen molar-refractivity contribution in [2.24, 2.45) is 0 Å². The molecule has 0 fully saturated rings. The SMILES string of the molecule is [C-]#[N+]c1nc2c(nc1C#N)c1nc(C(F)(F)F)c(C(F)(F)F)nc1c1nc(Oc3ccccc3)c(Oc3ccccc3)nc21. The molecule has 0 atom stereocenters. The average Bonchev–Trinajstić information content (AvgIpc) is 3.00. The van der Waals surface area contributed by atoms with Gasteiger partial charge in [-0.3, -0.25) is 0 Å². The molecule has 0 spiro atoms. The normalized spacial score (nSPS) is 11.8. The molecule has 0 aliphatic heterocycles. The zero-order valence-electron chi connectivity index (χ0n) is 21.4. The summed E-state index contributed by atoms with van der Waals surface area (Å²) in [5.41, 5.74) is -8.73. The first-order valence-electron chi connectivity index (χ1n) is 12.1. The van der Waals surface area contributed by atoms with Crippen LogP contribution in [0.2, 0.25) is 0 Å². The van der Waals surface area contributed by atoms with Crippen molar-refractivity contribution in [3.63, 3.8) is 0 Å². The van der Waals surface area contributed by atoms with Crippen molar-refractivity contribution in [3.8, 4) is 29.3 Å². The van der Waals surface area contributed by atoms with Crippen molar-refractivity contribution in [2.75, 3.05) is 0 Å². The third-order valence-electron chi connectivity index (χ3n) is 5.94. The Morgan fingerprint density at radius 2 is 0.977 bits per heavy atom. The number of aromatic nitrogens is 6. The quantitative estimate of drug-likeness (QED) is 0.114. The highest BCUT2D eigenvalue weighted by molar-refractivity contribution is 6.18. The van der Waals surface area contributed by atoms with E-state index >= 15 is 0 Å². The molecular weight excluding hydrogens is 594 g/mol. The maximum atomic E-state index is 13.9. The fraction of sp³-hybridized carbons (Fsp3) is 0.0714. The van der Waals surface area contributed by atoms with Crippen LogP contribution in [0.15, 0.2) is 60.7 Å². The highest BCUT2D eigenvalue weighted by atomic mass is 19.4. The number of halogens is 6. The molecule has 6 aromatic rings. The number of nitriles is 1. The minimum absolute atomic E-state index is 0.208. The fourth-order valence-electron chi connectivity index (χ4n) is 4.14. The second kappa shape index (κ2) is 10.3. The van der Waals surface area contributed by atoms with E-state index in [0.29, 0.717) is 0 Å². The molecule has 0 saturated heterocycles. The van der Waals surface area contributed by atoms with Crippen LogP contribution >= 0.6 is 0 Å². The first-order valence-corrected chi connectivity index (χ1v) is 12.1. The average molecular weight is 604 g/mol. The molecule has 6 rings (SSSR count). The van der Waals surface area contributed by atoms with Crippen LogP contribution in [-0.2, 0) is 12.4 Å². The number of para-hydroxylation sites is 2. The van der Waals surface area contributed by atoms with Crippen LogP contribution in [0.4, 0.5) is 32.2 Å². The molecule has 0 aliphatic rings. The third-order valence-corrected chi connectivity index (χ3v) is 5.94. The molecule has 0 N–H and O–H groups in total. The minimum Gasteiger partial charge on any atom is -0.435 e. The summed E-state index contributed by atoms with van der Waals surface area (Å²) in [4.78, 5) is 26.4. The lowest BCUT2D eigenvalue weighted by Gasteiger charge is -2.16. The van der Waals surface area contributed by atoms with Gasteiger partial charge >= 0.3 is 18.2 Å². The topological polar surface area (TPSA) is 124 Å². The first kappa shape index (κ1) is 28.0. The van der Waals surface area contributed by atoms with Gasteiger partial charge in [-0.1, -0.05) is 43.0 Å². The maximum absolute atomic E-state index is 13.9. The van der Waals surface area contributed by atoms with E-state index in [-0.39, 0.29) is 22.9 Å². The molecule has 0 amide bonds. The van der Waals surface area contributed by atoms with Gasteiger partial charge in [-0.2, -0.15) is 31.6 Å². The predicted octanol–water partition coefficient (Wildman–Crippen LogP) is 7.56. The molecule has 216 valence electrons. The lowest BCUT2D eigenvalue weighted by atomic mass is 10.1. The second-order valence-electron chi connectivity index (χ2n) is 8.79. The summed E-state index contributed by atoms with van der Waals surface area (Å²) in [5.74, 6) is -0.805. The summed E-state index contributed by atoms with van der Waals surface area (Å²) < 4.78 is 95.0. The first-order chi connectivity index (χ1) is 21.0. The second-order valence-corrected chi connectivity index (χ2v) is 8.79. The van der Waals surface area contributed by atoms with Crippen molar-refractivity contribution in [2.45, 2.75) is 12.4 Å². The van der Waals surface area contributed by atoms with E-state index in [1.807, 2.05) is 0 Å². The summed E-state index contributed by atoms with van der Waals surface area (Å²) in [6.45, 7) is 7.39. The molecule has 3 aromatic heterocycles. The lowest BCUT2D eigenvalue weighted by Crippen LogP contribution is -2.21. The number of ether oxygens (including phenoxy) is 2. The molecule has 0 unspecified atom stereocenters. The Morgan fingerprint density at radius 1 is 0.591 bits per heavy atom. The smallest absolute Gasteiger partial charge is 0.435 e. The third kappa shape index (κ3) is 4.94. The molecule has 0 bridgehead atoms. The molecule has 44 heavy (non-hydrogen) atoms. The van der Waals surface area contributed by atoms with E-state index < -0.39 is 68.7 Å². The van der Waals surface area contributed by atoms with Gasteiger partial charge in [-0.25, -0.2) is 24.9 Å². The van der Waals surface area contributed by atoms with Gasteiger partial charge in [0.05, 0.1) is 0 Å². The van der Waals surface area contributed by atoms with Crippen LogP contribution in [0.25, 0.3) is 37.9 Å². The summed E-state index contributed by atoms with van der Waals surface area (Å²) in [7, 11) is 0. The number of hydrogen-bond acceptors (Lipinski definition) is 9. The number of rotatable bonds is 4. The Kier molecular flexibility index (Phi) is 6.54. The molecular formula is C28H10F6N8O2.